The minimum absolute atomic E-state index is 0.0966. The summed E-state index contributed by atoms with van der Waals surface area (Å²) in [7, 11) is 0. The molecular weight excluding hydrogens is 398 g/mol. The van der Waals surface area contributed by atoms with Crippen molar-refractivity contribution in [3.8, 4) is 34.4 Å². The molecule has 2 aromatic heterocycles. The molecule has 0 bridgehead atoms. The molecule has 0 radical (unpaired) electrons. The van der Waals surface area contributed by atoms with Gasteiger partial charge in [0.15, 0.2) is 5.82 Å². The third-order valence-electron chi connectivity index (χ3n) is 4.40. The summed E-state index contributed by atoms with van der Waals surface area (Å²) in [5.41, 5.74) is 2.43. The Labute approximate surface area is 175 Å². The number of nitriles is 2. The number of hydrogen-bond acceptors (Lipinski definition) is 7. The van der Waals surface area contributed by atoms with E-state index in [2.05, 4.69) is 31.7 Å². The van der Waals surface area contributed by atoms with Gasteiger partial charge in [0.1, 0.15) is 17.7 Å². The van der Waals surface area contributed by atoms with Crippen LogP contribution in [-0.4, -0.2) is 25.6 Å². The average molecular weight is 411 g/mol. The quantitative estimate of drug-likeness (QED) is 0.481. The molecular formula is C21H13N7OS. The van der Waals surface area contributed by atoms with Crippen molar-refractivity contribution in [1.29, 1.82) is 10.5 Å². The van der Waals surface area contributed by atoms with E-state index < -0.39 is 5.56 Å². The number of aromatic nitrogens is 5. The van der Waals surface area contributed by atoms with E-state index in [1.165, 1.54) is 11.8 Å². The van der Waals surface area contributed by atoms with Gasteiger partial charge in [0.05, 0.1) is 16.3 Å². The fourth-order valence-electron chi connectivity index (χ4n) is 3.06. The second-order valence-electron chi connectivity index (χ2n) is 6.20. The van der Waals surface area contributed by atoms with E-state index in [9.17, 15) is 15.3 Å². The Morgan fingerprint density at radius 2 is 1.67 bits per heavy atom. The molecule has 30 heavy (non-hydrogen) atoms. The van der Waals surface area contributed by atoms with Crippen LogP contribution in [0.1, 0.15) is 17.0 Å². The second-order valence-corrected chi connectivity index (χ2v) is 7.18. The fraction of sp³-hybridized carbons (Fsp3) is 0.0476. The van der Waals surface area contributed by atoms with Gasteiger partial charge in [-0.05, 0) is 22.8 Å². The summed E-state index contributed by atoms with van der Waals surface area (Å²) < 4.78 is 0. The van der Waals surface area contributed by atoms with Crippen molar-refractivity contribution in [2.24, 2.45) is 0 Å². The van der Waals surface area contributed by atoms with Crippen LogP contribution in [-0.2, 0) is 5.75 Å². The molecule has 4 rings (SSSR count). The van der Waals surface area contributed by atoms with Gasteiger partial charge < -0.3 is 4.98 Å². The molecule has 4 aromatic rings. The third-order valence-corrected chi connectivity index (χ3v) is 5.40. The normalized spacial score (nSPS) is 10.3. The molecule has 0 unspecified atom stereocenters. The van der Waals surface area contributed by atoms with E-state index in [4.69, 9.17) is 0 Å². The minimum atomic E-state index is -0.549. The lowest BCUT2D eigenvalue weighted by atomic mass is 9.94. The predicted molar refractivity (Wildman–Crippen MR) is 111 cm³/mol. The Morgan fingerprint density at radius 1 is 0.933 bits per heavy atom. The van der Waals surface area contributed by atoms with Gasteiger partial charge in [0, 0.05) is 5.56 Å². The van der Waals surface area contributed by atoms with Crippen molar-refractivity contribution >= 4 is 11.8 Å². The van der Waals surface area contributed by atoms with E-state index in [0.29, 0.717) is 27.7 Å². The van der Waals surface area contributed by atoms with Crippen LogP contribution in [0.25, 0.3) is 22.3 Å². The number of H-pyrrole nitrogens is 2. The van der Waals surface area contributed by atoms with Gasteiger partial charge in [-0.15, -0.1) is 10.2 Å². The topological polar surface area (TPSA) is 135 Å². The highest BCUT2D eigenvalue weighted by Gasteiger charge is 2.20. The molecule has 0 saturated heterocycles. The SMILES string of the molecule is N#Cc1c(SCc2nn[nH]n2)[nH]c(=O)c(C#N)c1-c1cccc(-c2ccccc2)c1. The number of aromatic amines is 2. The lowest BCUT2D eigenvalue weighted by Crippen LogP contribution is -2.15. The van der Waals surface area contributed by atoms with Crippen LogP contribution in [0.2, 0.25) is 0 Å². The van der Waals surface area contributed by atoms with Crippen LogP contribution in [0.15, 0.2) is 64.4 Å². The first-order valence-corrected chi connectivity index (χ1v) is 9.81. The maximum Gasteiger partial charge on any atom is 0.267 e. The number of pyridine rings is 1. The van der Waals surface area contributed by atoms with Crippen molar-refractivity contribution in [3.05, 3.63) is 81.9 Å². The lowest BCUT2D eigenvalue weighted by Gasteiger charge is -2.12. The van der Waals surface area contributed by atoms with Crippen molar-refractivity contribution in [2.45, 2.75) is 10.8 Å². The van der Waals surface area contributed by atoms with Gasteiger partial charge in [-0.3, -0.25) is 4.79 Å². The number of thioether (sulfide) groups is 1. The Hall–Kier alpha value is -4.21. The smallest absolute Gasteiger partial charge is 0.267 e. The van der Waals surface area contributed by atoms with Crippen LogP contribution in [0.4, 0.5) is 0 Å². The highest BCUT2D eigenvalue weighted by Crippen LogP contribution is 2.34. The summed E-state index contributed by atoms with van der Waals surface area (Å²) in [6.07, 6.45) is 0. The Bertz CT molecular complexity index is 1330. The molecule has 2 heterocycles. The van der Waals surface area contributed by atoms with Crippen LogP contribution in [0.3, 0.4) is 0 Å². The van der Waals surface area contributed by atoms with Crippen LogP contribution >= 0.6 is 11.8 Å². The van der Waals surface area contributed by atoms with Crippen LogP contribution in [0.5, 0.6) is 0 Å². The molecule has 9 heteroatoms. The van der Waals surface area contributed by atoms with Gasteiger partial charge in [0.2, 0.25) is 0 Å². The molecule has 2 N–H and O–H groups in total. The molecule has 0 aliphatic rings. The van der Waals surface area contributed by atoms with Gasteiger partial charge in [0.25, 0.3) is 5.56 Å². The zero-order chi connectivity index (χ0) is 20.9. The first kappa shape index (κ1) is 19.1. The molecule has 0 amide bonds. The van der Waals surface area contributed by atoms with E-state index in [1.54, 1.807) is 6.07 Å². The van der Waals surface area contributed by atoms with Crippen molar-refractivity contribution < 1.29 is 0 Å². The standard InChI is InChI=1S/C21H13N7OS/c22-10-16-19(15-8-4-7-14(9-15)13-5-2-1-3-6-13)17(11-23)21(24-20(16)29)30-12-18-25-27-28-26-18/h1-9H,12H2,(H,24,29)(H,25,26,27,28). The third kappa shape index (κ3) is 3.70. The molecule has 0 atom stereocenters. The van der Waals surface area contributed by atoms with Crippen LogP contribution < -0.4 is 5.56 Å². The first-order chi connectivity index (χ1) is 14.7. The molecule has 0 saturated carbocycles. The summed E-state index contributed by atoms with van der Waals surface area (Å²) in [6.45, 7) is 0. The zero-order valence-electron chi connectivity index (χ0n) is 15.5. The Kier molecular flexibility index (Phi) is 5.37. The van der Waals surface area contributed by atoms with E-state index in [1.807, 2.05) is 54.6 Å². The molecule has 8 nitrogen and oxygen atoms in total. The predicted octanol–water partition coefficient (Wildman–Crippen LogP) is 3.26. The summed E-state index contributed by atoms with van der Waals surface area (Å²) >= 11 is 1.20. The van der Waals surface area contributed by atoms with Gasteiger partial charge in [-0.2, -0.15) is 15.7 Å². The fourth-order valence-corrected chi connectivity index (χ4v) is 3.91. The van der Waals surface area contributed by atoms with Gasteiger partial charge in [-0.25, -0.2) is 0 Å². The van der Waals surface area contributed by atoms with Gasteiger partial charge in [-0.1, -0.05) is 65.5 Å². The molecule has 0 spiro atoms. The van der Waals surface area contributed by atoms with E-state index >= 15 is 0 Å². The summed E-state index contributed by atoms with van der Waals surface area (Å²) in [4.78, 5) is 15.2. The lowest BCUT2D eigenvalue weighted by molar-refractivity contribution is 0.881. The number of tetrazole rings is 1. The van der Waals surface area contributed by atoms with Crippen LogP contribution in [0, 0.1) is 22.7 Å². The highest BCUT2D eigenvalue weighted by atomic mass is 32.2. The summed E-state index contributed by atoms with van der Waals surface area (Å²) in [5, 5.41) is 33.4. The summed E-state index contributed by atoms with van der Waals surface area (Å²) in [6, 6.07) is 21.3. The minimum Gasteiger partial charge on any atom is -0.315 e. The van der Waals surface area contributed by atoms with Crippen molar-refractivity contribution in [3.63, 3.8) is 0 Å². The number of nitrogens with zero attached hydrogens (tertiary/aromatic N) is 5. The monoisotopic (exact) mass is 411 g/mol. The number of hydrogen-bond donors (Lipinski definition) is 2. The van der Waals surface area contributed by atoms with E-state index in [-0.39, 0.29) is 11.1 Å². The maximum absolute atomic E-state index is 12.6. The first-order valence-electron chi connectivity index (χ1n) is 8.82. The van der Waals surface area contributed by atoms with Gasteiger partial charge >= 0.3 is 0 Å². The highest BCUT2D eigenvalue weighted by molar-refractivity contribution is 7.98. The maximum atomic E-state index is 12.6. The number of rotatable bonds is 5. The van der Waals surface area contributed by atoms with Crippen molar-refractivity contribution in [1.82, 2.24) is 25.6 Å². The zero-order valence-corrected chi connectivity index (χ0v) is 16.3. The second kappa shape index (κ2) is 8.43. The molecule has 2 aromatic carbocycles. The molecule has 0 fully saturated rings. The van der Waals surface area contributed by atoms with E-state index in [0.717, 1.165) is 11.1 Å². The molecule has 0 aliphatic heterocycles. The summed E-state index contributed by atoms with van der Waals surface area (Å²) in [5.74, 6) is 0.734. The largest absolute Gasteiger partial charge is 0.315 e. The molecule has 0 aliphatic carbocycles. The number of nitrogens with one attached hydrogen (secondary N) is 2. The average Bonchev–Trinajstić information content (AvgIpc) is 3.31. The number of benzene rings is 2. The Morgan fingerprint density at radius 3 is 2.37 bits per heavy atom. The Balaban J connectivity index is 1.86. The van der Waals surface area contributed by atoms with Crippen molar-refractivity contribution in [2.75, 3.05) is 0 Å². The molecule has 144 valence electrons.